The fourth-order valence-electron chi connectivity index (χ4n) is 3.44. The third-order valence-corrected chi connectivity index (χ3v) is 5.37. The number of carbonyl (C=O) groups excluding carboxylic acids is 1. The highest BCUT2D eigenvalue weighted by Gasteiger charge is 2.20. The van der Waals surface area contributed by atoms with E-state index in [1.807, 2.05) is 6.07 Å². The summed E-state index contributed by atoms with van der Waals surface area (Å²) in [5, 5.41) is 2.78. The lowest BCUT2D eigenvalue weighted by atomic mass is 10.1. The Morgan fingerprint density at radius 3 is 2.66 bits per heavy atom. The monoisotopic (exact) mass is 394 g/mol. The minimum Gasteiger partial charge on any atom is -0.467 e. The summed E-state index contributed by atoms with van der Waals surface area (Å²) in [5.74, 6) is 0.993. The topological polar surface area (TPSA) is 74.8 Å². The number of aromatic nitrogens is 1. The molecule has 4 rings (SSSR count). The number of hydrogen-bond acceptors (Lipinski definition) is 6. The Morgan fingerprint density at radius 2 is 1.93 bits per heavy atom. The van der Waals surface area contributed by atoms with Gasteiger partial charge in [-0.3, -0.25) is 9.69 Å². The number of oxazole rings is 1. The molecular weight excluding hydrogens is 368 g/mol. The molecule has 0 aliphatic carbocycles. The van der Waals surface area contributed by atoms with Crippen LogP contribution < -0.4 is 10.2 Å². The molecule has 29 heavy (non-hydrogen) atoms. The van der Waals surface area contributed by atoms with Crippen molar-refractivity contribution in [3.05, 3.63) is 71.3 Å². The van der Waals surface area contributed by atoms with Crippen LogP contribution in [0.5, 0.6) is 0 Å². The summed E-state index contributed by atoms with van der Waals surface area (Å²) in [7, 11) is 0. The molecule has 0 atom stereocenters. The summed E-state index contributed by atoms with van der Waals surface area (Å²) in [6.07, 6.45) is 2.99. The molecule has 1 aliphatic heterocycles. The molecule has 1 aromatic carbocycles. The number of carbonyl (C=O) groups is 1. The lowest BCUT2D eigenvalue weighted by molar-refractivity contribution is 0.0943. The highest BCUT2D eigenvalue weighted by atomic mass is 16.3. The first-order valence-electron chi connectivity index (χ1n) is 9.88. The van der Waals surface area contributed by atoms with Crippen LogP contribution in [0.3, 0.4) is 0 Å². The largest absolute Gasteiger partial charge is 0.467 e. The first-order valence-corrected chi connectivity index (χ1v) is 9.88. The van der Waals surface area contributed by atoms with E-state index >= 15 is 0 Å². The Labute approximate surface area is 170 Å². The Balaban J connectivity index is 1.27. The van der Waals surface area contributed by atoms with Crippen molar-refractivity contribution in [2.75, 3.05) is 31.1 Å². The molecule has 0 unspecified atom stereocenters. The second-order valence-corrected chi connectivity index (χ2v) is 7.42. The molecule has 1 saturated heterocycles. The van der Waals surface area contributed by atoms with Crippen molar-refractivity contribution >= 4 is 11.6 Å². The van der Waals surface area contributed by atoms with Gasteiger partial charge in [0.25, 0.3) is 5.91 Å². The minimum absolute atomic E-state index is 0.268. The minimum atomic E-state index is -0.268. The molecule has 0 bridgehead atoms. The third-order valence-electron chi connectivity index (χ3n) is 5.37. The van der Waals surface area contributed by atoms with E-state index in [2.05, 4.69) is 52.1 Å². The third kappa shape index (κ3) is 4.68. The summed E-state index contributed by atoms with van der Waals surface area (Å²) in [6, 6.07) is 10.2. The van der Waals surface area contributed by atoms with Crippen molar-refractivity contribution in [3.63, 3.8) is 0 Å². The average Bonchev–Trinajstić information content (AvgIpc) is 3.41. The van der Waals surface area contributed by atoms with Crippen molar-refractivity contribution in [3.8, 4) is 0 Å². The second-order valence-electron chi connectivity index (χ2n) is 7.42. The number of benzene rings is 1. The van der Waals surface area contributed by atoms with Crippen molar-refractivity contribution in [2.24, 2.45) is 0 Å². The van der Waals surface area contributed by atoms with Gasteiger partial charge in [-0.2, -0.15) is 0 Å². The number of amides is 1. The predicted molar refractivity (Wildman–Crippen MR) is 110 cm³/mol. The van der Waals surface area contributed by atoms with E-state index in [-0.39, 0.29) is 5.91 Å². The molecule has 7 heteroatoms. The quantitative estimate of drug-likeness (QED) is 0.692. The van der Waals surface area contributed by atoms with Crippen LogP contribution in [0.25, 0.3) is 0 Å². The fraction of sp³-hybridized carbons (Fsp3) is 0.364. The number of nitrogens with one attached hydrogen (secondary N) is 1. The second kappa shape index (κ2) is 8.53. The molecule has 0 radical (unpaired) electrons. The summed E-state index contributed by atoms with van der Waals surface area (Å²) >= 11 is 0. The van der Waals surface area contributed by atoms with Crippen molar-refractivity contribution in [2.45, 2.75) is 26.9 Å². The maximum Gasteiger partial charge on any atom is 0.273 e. The van der Waals surface area contributed by atoms with Gasteiger partial charge in [-0.05, 0) is 49.2 Å². The number of piperazine rings is 1. The van der Waals surface area contributed by atoms with E-state index in [4.69, 9.17) is 8.83 Å². The molecule has 152 valence electrons. The molecule has 7 nitrogen and oxygen atoms in total. The first-order chi connectivity index (χ1) is 14.1. The van der Waals surface area contributed by atoms with Crippen LogP contribution in [0.15, 0.2) is 51.7 Å². The highest BCUT2D eigenvalue weighted by Crippen LogP contribution is 2.20. The van der Waals surface area contributed by atoms with Gasteiger partial charge in [0.15, 0.2) is 5.69 Å². The molecule has 1 amide bonds. The molecule has 0 saturated carbocycles. The van der Waals surface area contributed by atoms with Gasteiger partial charge < -0.3 is 19.1 Å². The van der Waals surface area contributed by atoms with Gasteiger partial charge in [-0.1, -0.05) is 6.07 Å². The summed E-state index contributed by atoms with van der Waals surface area (Å²) in [4.78, 5) is 21.2. The van der Waals surface area contributed by atoms with Crippen molar-refractivity contribution in [1.29, 1.82) is 0 Å². The molecule has 1 fully saturated rings. The van der Waals surface area contributed by atoms with E-state index in [0.29, 0.717) is 30.4 Å². The number of rotatable bonds is 6. The van der Waals surface area contributed by atoms with Crippen molar-refractivity contribution in [1.82, 2.24) is 15.2 Å². The maximum absolute atomic E-state index is 12.2. The van der Waals surface area contributed by atoms with Gasteiger partial charge in [0.1, 0.15) is 12.0 Å². The molecule has 0 spiro atoms. The standard InChI is InChI=1S/C22H26N4O3/c1-16-5-6-18(12-17(16)2)26-9-7-25(8-10-26)14-21-24-20(15-29-21)22(27)23-13-19-4-3-11-28-19/h3-6,11-12,15H,7-10,13-14H2,1-2H3,(H,23,27). The number of hydrogen-bond donors (Lipinski definition) is 1. The molecule has 1 aliphatic rings. The normalized spacial score (nSPS) is 14.9. The van der Waals surface area contributed by atoms with Crippen molar-refractivity contribution < 1.29 is 13.6 Å². The van der Waals surface area contributed by atoms with E-state index in [0.717, 1.165) is 26.2 Å². The highest BCUT2D eigenvalue weighted by molar-refractivity contribution is 5.91. The molecule has 1 N–H and O–H groups in total. The van der Waals surface area contributed by atoms with Gasteiger partial charge in [0.2, 0.25) is 5.89 Å². The Kier molecular flexibility index (Phi) is 5.67. The van der Waals surface area contributed by atoms with E-state index < -0.39 is 0 Å². The summed E-state index contributed by atoms with van der Waals surface area (Å²) in [5.41, 5.74) is 4.21. The molecule has 3 aromatic rings. The average molecular weight is 394 g/mol. The number of anilines is 1. The van der Waals surface area contributed by atoms with Gasteiger partial charge in [0.05, 0.1) is 19.4 Å². The SMILES string of the molecule is Cc1ccc(N2CCN(Cc3nc(C(=O)NCc4ccco4)co3)CC2)cc1C. The van der Waals surface area contributed by atoms with E-state index in [1.165, 1.54) is 23.1 Å². The summed E-state index contributed by atoms with van der Waals surface area (Å²) < 4.78 is 10.7. The smallest absolute Gasteiger partial charge is 0.273 e. The zero-order valence-corrected chi connectivity index (χ0v) is 16.9. The summed E-state index contributed by atoms with van der Waals surface area (Å²) in [6.45, 7) is 8.99. The lowest BCUT2D eigenvalue weighted by Gasteiger charge is -2.35. The van der Waals surface area contributed by atoms with E-state index in [9.17, 15) is 4.79 Å². The van der Waals surface area contributed by atoms with Crippen LogP contribution in [0.1, 0.15) is 33.3 Å². The van der Waals surface area contributed by atoms with Gasteiger partial charge in [0, 0.05) is 31.9 Å². The van der Waals surface area contributed by atoms with Crippen LogP contribution in [-0.2, 0) is 13.1 Å². The van der Waals surface area contributed by atoms with Crippen LogP contribution >= 0.6 is 0 Å². The maximum atomic E-state index is 12.2. The van der Waals surface area contributed by atoms with Crippen LogP contribution in [0, 0.1) is 13.8 Å². The Bertz CT molecular complexity index is 956. The number of furan rings is 1. The molecular formula is C22H26N4O3. The molecule has 2 aromatic heterocycles. The van der Waals surface area contributed by atoms with Crippen LogP contribution in [0.2, 0.25) is 0 Å². The van der Waals surface area contributed by atoms with Gasteiger partial charge in [-0.15, -0.1) is 0 Å². The Hall–Kier alpha value is -3.06. The fourth-order valence-corrected chi connectivity index (χ4v) is 3.44. The predicted octanol–water partition coefficient (Wildman–Crippen LogP) is 3.14. The van der Waals surface area contributed by atoms with Crippen LogP contribution in [0.4, 0.5) is 5.69 Å². The zero-order valence-electron chi connectivity index (χ0n) is 16.9. The number of aryl methyl sites for hydroxylation is 2. The van der Waals surface area contributed by atoms with Crippen LogP contribution in [-0.4, -0.2) is 42.0 Å². The zero-order chi connectivity index (χ0) is 20.2. The lowest BCUT2D eigenvalue weighted by Crippen LogP contribution is -2.46. The van der Waals surface area contributed by atoms with E-state index in [1.54, 1.807) is 12.3 Å². The first kappa shape index (κ1) is 19.3. The number of nitrogens with zero attached hydrogens (tertiary/aromatic N) is 3. The van der Waals surface area contributed by atoms with Gasteiger partial charge >= 0.3 is 0 Å². The van der Waals surface area contributed by atoms with Gasteiger partial charge in [-0.25, -0.2) is 4.98 Å². The Morgan fingerprint density at radius 1 is 1.10 bits per heavy atom. The molecule has 3 heterocycles.